The van der Waals surface area contributed by atoms with Crippen molar-refractivity contribution in [2.45, 2.75) is 64.7 Å². The molecule has 5 rings (SSSR count). The molecule has 3 heterocycles. The summed E-state index contributed by atoms with van der Waals surface area (Å²) in [5.74, 6) is 2.63. The topological polar surface area (TPSA) is 20.3 Å². The van der Waals surface area contributed by atoms with Gasteiger partial charge in [0.05, 0.1) is 5.75 Å². The maximum Gasteiger partial charge on any atom is 0.130 e. The monoisotopic (exact) mass is 465 g/mol. The van der Waals surface area contributed by atoms with Crippen molar-refractivity contribution in [3.63, 3.8) is 0 Å². The Labute approximate surface area is 206 Å². The molecule has 0 saturated carbocycles. The highest BCUT2D eigenvalue weighted by Crippen LogP contribution is 2.34. The Kier molecular flexibility index (Phi) is 12.6. The van der Waals surface area contributed by atoms with Crippen LogP contribution < -0.4 is 0 Å². The number of rotatable bonds is 8. The number of nitrogens with zero attached hydrogens (tertiary/aromatic N) is 1. The molecule has 0 radical (unpaired) electrons. The van der Waals surface area contributed by atoms with Crippen molar-refractivity contribution in [3.05, 3.63) is 60.2 Å². The molecule has 0 N–H and O–H groups in total. The van der Waals surface area contributed by atoms with Crippen molar-refractivity contribution < 1.29 is 4.79 Å². The highest BCUT2D eigenvalue weighted by Gasteiger charge is 2.32. The highest BCUT2D eigenvalue weighted by molar-refractivity contribution is 8.00. The zero-order valence-corrected chi connectivity index (χ0v) is 22.0. The summed E-state index contributed by atoms with van der Waals surface area (Å²) in [5.41, 5.74) is 4.87. The lowest BCUT2D eigenvalue weighted by Crippen LogP contribution is -2.47. The standard InChI is InChI=1S/C18H18OS.C10H19N.C2H6/c1-3-14-7-5-6-8-17(14)16-10-9-15(4-2)18(13-16)20-12-11-19;1-2-3-10-8-11-6-4-9(10)5-7-11;1-2/h4-11,13H,2-3,12H2,1H3;9-10H,2-8H2,1H3;1-2H3. The summed E-state index contributed by atoms with van der Waals surface area (Å²) in [4.78, 5) is 14.3. The van der Waals surface area contributed by atoms with E-state index in [9.17, 15) is 4.79 Å². The van der Waals surface area contributed by atoms with E-state index < -0.39 is 0 Å². The Morgan fingerprint density at radius 2 is 1.82 bits per heavy atom. The molecule has 180 valence electrons. The first-order chi connectivity index (χ1) is 16.2. The van der Waals surface area contributed by atoms with Crippen LogP contribution >= 0.6 is 11.8 Å². The van der Waals surface area contributed by atoms with E-state index in [-0.39, 0.29) is 0 Å². The molecule has 0 aliphatic carbocycles. The summed E-state index contributed by atoms with van der Waals surface area (Å²) in [6.45, 7) is 16.5. The number of benzene rings is 2. The predicted molar refractivity (Wildman–Crippen MR) is 147 cm³/mol. The molecule has 0 amide bonds. The molecule has 0 aromatic heterocycles. The quantitative estimate of drug-likeness (QED) is 0.291. The number of hydrogen-bond acceptors (Lipinski definition) is 3. The van der Waals surface area contributed by atoms with Gasteiger partial charge < -0.3 is 9.69 Å². The largest absolute Gasteiger partial charge is 0.303 e. The lowest BCUT2D eigenvalue weighted by atomic mass is 9.77. The molecular weight excluding hydrogens is 422 g/mol. The Balaban J connectivity index is 0.000000249. The minimum absolute atomic E-state index is 0.472. The molecule has 3 aliphatic rings. The molecule has 33 heavy (non-hydrogen) atoms. The minimum atomic E-state index is 0.472. The predicted octanol–water partition coefficient (Wildman–Crippen LogP) is 8.00. The lowest BCUT2D eigenvalue weighted by molar-refractivity contribution is -0.105. The van der Waals surface area contributed by atoms with E-state index in [0.29, 0.717) is 5.75 Å². The molecule has 3 aliphatic heterocycles. The van der Waals surface area contributed by atoms with Crippen LogP contribution in [0.25, 0.3) is 17.2 Å². The van der Waals surface area contributed by atoms with Crippen molar-refractivity contribution in [3.8, 4) is 11.1 Å². The summed E-state index contributed by atoms with van der Waals surface area (Å²) in [6, 6.07) is 14.8. The van der Waals surface area contributed by atoms with E-state index in [1.54, 1.807) is 11.8 Å². The third kappa shape index (κ3) is 7.86. The first kappa shape index (κ1) is 27.4. The van der Waals surface area contributed by atoms with Crippen LogP contribution in [0.2, 0.25) is 0 Å². The van der Waals surface area contributed by atoms with Gasteiger partial charge in [-0.2, -0.15) is 0 Å². The van der Waals surface area contributed by atoms with Gasteiger partial charge in [0.15, 0.2) is 0 Å². The van der Waals surface area contributed by atoms with Crippen LogP contribution in [-0.2, 0) is 11.2 Å². The van der Waals surface area contributed by atoms with E-state index in [0.717, 1.165) is 35.0 Å². The van der Waals surface area contributed by atoms with Crippen LogP contribution in [0.15, 0.2) is 53.9 Å². The Hall–Kier alpha value is -1.84. The summed E-state index contributed by atoms with van der Waals surface area (Å²) < 4.78 is 0. The van der Waals surface area contributed by atoms with Crippen molar-refractivity contribution in [1.29, 1.82) is 0 Å². The first-order valence-corrected chi connectivity index (χ1v) is 13.8. The van der Waals surface area contributed by atoms with Gasteiger partial charge in [-0.3, -0.25) is 0 Å². The van der Waals surface area contributed by atoms with E-state index in [1.807, 2.05) is 19.9 Å². The Bertz CT molecular complexity index is 854. The summed E-state index contributed by atoms with van der Waals surface area (Å²) in [7, 11) is 0. The number of carbonyl (C=O) groups excluding carboxylic acids is 1. The van der Waals surface area contributed by atoms with Crippen LogP contribution in [0.4, 0.5) is 0 Å². The van der Waals surface area contributed by atoms with Crippen LogP contribution in [0, 0.1) is 11.8 Å². The summed E-state index contributed by atoms with van der Waals surface area (Å²) in [5, 5.41) is 0. The molecule has 3 fully saturated rings. The normalized spacial score (nSPS) is 20.7. The maximum atomic E-state index is 10.6. The average Bonchev–Trinajstić information content (AvgIpc) is 2.89. The molecule has 1 atom stereocenters. The van der Waals surface area contributed by atoms with Gasteiger partial charge in [-0.25, -0.2) is 0 Å². The molecule has 2 aromatic carbocycles. The molecular formula is C30H43NOS. The fourth-order valence-electron chi connectivity index (χ4n) is 5.01. The smallest absolute Gasteiger partial charge is 0.130 e. The Morgan fingerprint density at radius 1 is 1.09 bits per heavy atom. The average molecular weight is 466 g/mol. The van der Waals surface area contributed by atoms with Gasteiger partial charge in [0.25, 0.3) is 0 Å². The van der Waals surface area contributed by atoms with Crippen molar-refractivity contribution in [1.82, 2.24) is 4.90 Å². The van der Waals surface area contributed by atoms with Crippen LogP contribution in [-0.4, -0.2) is 36.6 Å². The molecule has 3 heteroatoms. The number of carbonyl (C=O) groups is 1. The van der Waals surface area contributed by atoms with Crippen molar-refractivity contribution in [2.75, 3.05) is 25.4 Å². The zero-order valence-electron chi connectivity index (χ0n) is 21.2. The second-order valence-corrected chi connectivity index (χ2v) is 9.69. The van der Waals surface area contributed by atoms with Crippen LogP contribution in [0.1, 0.15) is 64.5 Å². The minimum Gasteiger partial charge on any atom is -0.303 e. The molecule has 0 spiro atoms. The summed E-state index contributed by atoms with van der Waals surface area (Å²) in [6.07, 6.45) is 9.62. The van der Waals surface area contributed by atoms with Gasteiger partial charge in [-0.1, -0.05) is 83.2 Å². The van der Waals surface area contributed by atoms with Crippen molar-refractivity contribution in [2.24, 2.45) is 11.8 Å². The van der Waals surface area contributed by atoms with Crippen molar-refractivity contribution >= 4 is 24.1 Å². The molecule has 2 bridgehead atoms. The van der Waals surface area contributed by atoms with Crippen LogP contribution in [0.3, 0.4) is 0 Å². The van der Waals surface area contributed by atoms with E-state index in [2.05, 4.69) is 67.8 Å². The van der Waals surface area contributed by atoms with E-state index in [4.69, 9.17) is 0 Å². The number of piperidine rings is 3. The number of aryl methyl sites for hydroxylation is 1. The third-order valence-corrected chi connectivity index (χ3v) is 7.67. The second kappa shape index (κ2) is 15.1. The van der Waals surface area contributed by atoms with Crippen LogP contribution in [0.5, 0.6) is 0 Å². The lowest BCUT2D eigenvalue weighted by Gasteiger charge is -2.44. The number of fused-ring (bicyclic) bond motifs is 3. The van der Waals surface area contributed by atoms with Gasteiger partial charge in [0.1, 0.15) is 6.29 Å². The SMILES string of the molecule is C=Cc1ccc(-c2ccccc2CC)cc1SCC=O.CC.CCCC1CN2CCC1CC2. The van der Waals surface area contributed by atoms with Gasteiger partial charge in [-0.15, -0.1) is 11.8 Å². The second-order valence-electron chi connectivity index (χ2n) is 8.63. The van der Waals surface area contributed by atoms with E-state index in [1.165, 1.54) is 62.0 Å². The third-order valence-electron chi connectivity index (χ3n) is 6.70. The fourth-order valence-corrected chi connectivity index (χ4v) is 5.79. The molecule has 2 aromatic rings. The number of hydrogen-bond donors (Lipinski definition) is 0. The maximum absolute atomic E-state index is 10.6. The summed E-state index contributed by atoms with van der Waals surface area (Å²) >= 11 is 1.55. The Morgan fingerprint density at radius 3 is 2.39 bits per heavy atom. The highest BCUT2D eigenvalue weighted by atomic mass is 32.2. The number of thioether (sulfide) groups is 1. The van der Waals surface area contributed by atoms with Gasteiger partial charge >= 0.3 is 0 Å². The van der Waals surface area contributed by atoms with E-state index >= 15 is 0 Å². The number of aldehydes is 1. The fraction of sp³-hybridized carbons (Fsp3) is 0.500. The molecule has 1 unspecified atom stereocenters. The van der Waals surface area contributed by atoms with Gasteiger partial charge in [-0.05, 0) is 78.9 Å². The zero-order chi connectivity index (χ0) is 24.1. The van der Waals surface area contributed by atoms with Gasteiger partial charge in [0.2, 0.25) is 0 Å². The molecule has 2 nitrogen and oxygen atoms in total. The first-order valence-electron chi connectivity index (χ1n) is 12.8. The molecule has 3 saturated heterocycles. The van der Waals surface area contributed by atoms with Gasteiger partial charge in [0, 0.05) is 11.4 Å².